The van der Waals surface area contributed by atoms with E-state index in [-0.39, 0.29) is 5.63 Å². The van der Waals surface area contributed by atoms with Gasteiger partial charge in [0.15, 0.2) is 6.73 Å². The van der Waals surface area contributed by atoms with Crippen molar-refractivity contribution in [1.29, 1.82) is 0 Å². The van der Waals surface area contributed by atoms with E-state index in [1.165, 1.54) is 16.8 Å². The molecule has 1 aliphatic heterocycles. The Morgan fingerprint density at radius 3 is 2.47 bits per heavy atom. The van der Waals surface area contributed by atoms with Gasteiger partial charge in [-0.15, -0.1) is 0 Å². The average Bonchev–Trinajstić information content (AvgIpc) is 2.78. The van der Waals surface area contributed by atoms with Crippen LogP contribution < -0.4 is 15.3 Å². The van der Waals surface area contributed by atoms with Crippen molar-refractivity contribution in [1.82, 2.24) is 0 Å². The Kier molecular flexibility index (Phi) is 5.01. The van der Waals surface area contributed by atoms with E-state index < -0.39 is 0 Å². The summed E-state index contributed by atoms with van der Waals surface area (Å²) in [5.41, 5.74) is 8.83. The van der Waals surface area contributed by atoms with Crippen molar-refractivity contribution in [2.45, 2.75) is 40.7 Å². The summed E-state index contributed by atoms with van der Waals surface area (Å²) in [5, 5.41) is 0.984. The molecule has 0 radical (unpaired) electrons. The number of hydrogen-bond donors (Lipinski definition) is 0. The Bertz CT molecular complexity index is 1390. The zero-order valence-electron chi connectivity index (χ0n) is 19.0. The Labute approximate surface area is 188 Å². The number of rotatable bonds is 3. The Balaban J connectivity index is 1.59. The van der Waals surface area contributed by atoms with Crippen molar-refractivity contribution in [3.8, 4) is 5.75 Å². The Morgan fingerprint density at radius 1 is 0.938 bits per heavy atom. The molecule has 1 aromatic heterocycles. The van der Waals surface area contributed by atoms with Crippen LogP contribution in [-0.2, 0) is 13.0 Å². The molecule has 5 rings (SSSR count). The van der Waals surface area contributed by atoms with Crippen molar-refractivity contribution in [2.24, 2.45) is 0 Å². The lowest BCUT2D eigenvalue weighted by molar-refractivity contribution is 0.287. The van der Waals surface area contributed by atoms with Crippen LogP contribution in [0.5, 0.6) is 5.75 Å². The molecule has 0 atom stereocenters. The summed E-state index contributed by atoms with van der Waals surface area (Å²) in [6.45, 7) is 9.47. The highest BCUT2D eigenvalue weighted by atomic mass is 16.5. The van der Waals surface area contributed by atoms with Crippen molar-refractivity contribution in [2.75, 3.05) is 11.6 Å². The summed E-state index contributed by atoms with van der Waals surface area (Å²) in [6, 6.07) is 18.7. The third-order valence-electron chi connectivity index (χ3n) is 6.48. The largest absolute Gasteiger partial charge is 0.472 e. The highest BCUT2D eigenvalue weighted by molar-refractivity contribution is 5.87. The maximum atomic E-state index is 12.9. The first-order valence-corrected chi connectivity index (χ1v) is 11.0. The van der Waals surface area contributed by atoms with Gasteiger partial charge in [0.1, 0.15) is 11.3 Å². The zero-order valence-corrected chi connectivity index (χ0v) is 19.0. The van der Waals surface area contributed by atoms with Gasteiger partial charge in [-0.1, -0.05) is 48.0 Å². The highest BCUT2D eigenvalue weighted by Crippen LogP contribution is 2.38. The van der Waals surface area contributed by atoms with Crippen LogP contribution in [0, 0.1) is 27.7 Å². The molecule has 0 bridgehead atoms. The molecule has 0 unspecified atom stereocenters. The van der Waals surface area contributed by atoms with Crippen LogP contribution in [0.25, 0.3) is 11.0 Å². The molecule has 0 saturated carbocycles. The normalized spacial score (nSPS) is 13.2. The molecule has 0 N–H and O–H groups in total. The monoisotopic (exact) mass is 425 g/mol. The number of ether oxygens (including phenoxy) is 1. The lowest BCUT2D eigenvalue weighted by Gasteiger charge is -2.33. The molecule has 0 aliphatic carbocycles. The molecule has 0 saturated heterocycles. The Morgan fingerprint density at radius 2 is 1.72 bits per heavy atom. The summed E-state index contributed by atoms with van der Waals surface area (Å²) in [7, 11) is 0. The smallest absolute Gasteiger partial charge is 0.340 e. The molecule has 2 heterocycles. The summed E-state index contributed by atoms with van der Waals surface area (Å²) < 4.78 is 12.0. The molecular formula is C28H27NO3. The first-order valence-electron chi connectivity index (χ1n) is 11.0. The van der Waals surface area contributed by atoms with Gasteiger partial charge in [-0.3, -0.25) is 0 Å². The second-order valence-electron chi connectivity index (χ2n) is 8.78. The maximum Gasteiger partial charge on any atom is 0.340 e. The fraction of sp³-hybridized carbons (Fsp3) is 0.250. The van der Waals surface area contributed by atoms with Gasteiger partial charge in [0.05, 0.1) is 0 Å². The Hall–Kier alpha value is -3.53. The summed E-state index contributed by atoms with van der Waals surface area (Å²) >= 11 is 0. The van der Waals surface area contributed by atoms with Crippen molar-refractivity contribution in [3.05, 3.63) is 104 Å². The van der Waals surface area contributed by atoms with Crippen LogP contribution in [0.3, 0.4) is 0 Å². The third-order valence-corrected chi connectivity index (χ3v) is 6.48. The lowest BCUT2D eigenvalue weighted by Crippen LogP contribution is -2.32. The summed E-state index contributed by atoms with van der Waals surface area (Å²) in [4.78, 5) is 15.1. The number of fused-ring (bicyclic) bond motifs is 2. The van der Waals surface area contributed by atoms with E-state index in [0.717, 1.165) is 39.9 Å². The fourth-order valence-electron chi connectivity index (χ4n) is 4.76. The topological polar surface area (TPSA) is 42.7 Å². The van der Waals surface area contributed by atoms with E-state index in [9.17, 15) is 4.79 Å². The zero-order chi connectivity index (χ0) is 22.4. The molecule has 1 aliphatic rings. The van der Waals surface area contributed by atoms with Crippen LogP contribution in [0.1, 0.15) is 38.9 Å². The summed E-state index contributed by atoms with van der Waals surface area (Å²) in [5.74, 6) is 0.830. The van der Waals surface area contributed by atoms with Gasteiger partial charge in [-0.2, -0.15) is 0 Å². The van der Waals surface area contributed by atoms with Crippen molar-refractivity contribution >= 4 is 16.7 Å². The second-order valence-corrected chi connectivity index (χ2v) is 8.78. The van der Waals surface area contributed by atoms with Crippen LogP contribution in [0.2, 0.25) is 0 Å². The van der Waals surface area contributed by atoms with Crippen LogP contribution in [0.4, 0.5) is 5.69 Å². The molecule has 0 fully saturated rings. The molecule has 0 amide bonds. The SMILES string of the molecule is Cc1ccc(N2COc3c(cc4c(C)c(Cc5ccccc5)c(=O)oc4c3C)C2)c(C)c1. The first-order chi connectivity index (χ1) is 15.4. The lowest BCUT2D eigenvalue weighted by atomic mass is 9.96. The first kappa shape index (κ1) is 20.4. The quantitative estimate of drug-likeness (QED) is 0.379. The number of nitrogens with zero attached hydrogens (tertiary/aromatic N) is 1. The van der Waals surface area contributed by atoms with Gasteiger partial charge in [0.2, 0.25) is 0 Å². The minimum absolute atomic E-state index is 0.269. The number of aryl methyl sites for hydroxylation is 4. The molecule has 0 spiro atoms. The standard InChI is InChI=1S/C28H27NO3/c1-17-10-11-25(18(2)12-17)29-15-22-14-23-19(3)24(13-21-8-6-5-7-9-21)28(30)32-27(23)20(4)26(22)31-16-29/h5-12,14H,13,15-16H2,1-4H3. The van der Waals surface area contributed by atoms with Crippen LogP contribution in [-0.4, -0.2) is 6.73 Å². The average molecular weight is 426 g/mol. The van der Waals surface area contributed by atoms with E-state index in [2.05, 4.69) is 43.0 Å². The van der Waals surface area contributed by atoms with Gasteiger partial charge in [0, 0.05) is 40.7 Å². The number of hydrogen-bond acceptors (Lipinski definition) is 4. The van der Waals surface area contributed by atoms with E-state index in [1.54, 1.807) is 0 Å². The van der Waals surface area contributed by atoms with E-state index in [0.29, 0.717) is 24.3 Å². The third kappa shape index (κ3) is 3.46. The van der Waals surface area contributed by atoms with Crippen molar-refractivity contribution < 1.29 is 9.15 Å². The molecule has 4 nitrogen and oxygen atoms in total. The van der Waals surface area contributed by atoms with Gasteiger partial charge in [-0.25, -0.2) is 4.79 Å². The molecule has 4 heteroatoms. The van der Waals surface area contributed by atoms with E-state index in [1.807, 2.05) is 44.2 Å². The number of benzene rings is 3. The van der Waals surface area contributed by atoms with Gasteiger partial charge < -0.3 is 14.1 Å². The molecule has 4 aromatic rings. The second kappa shape index (κ2) is 7.86. The van der Waals surface area contributed by atoms with Crippen LogP contribution >= 0.6 is 0 Å². The minimum atomic E-state index is -0.269. The highest BCUT2D eigenvalue weighted by Gasteiger charge is 2.24. The summed E-state index contributed by atoms with van der Waals surface area (Å²) in [6.07, 6.45) is 0.562. The van der Waals surface area contributed by atoms with Gasteiger partial charge in [0.25, 0.3) is 0 Å². The number of anilines is 1. The predicted octanol–water partition coefficient (Wildman–Crippen LogP) is 5.97. The molecule has 162 valence electrons. The maximum absolute atomic E-state index is 12.9. The predicted molar refractivity (Wildman–Crippen MR) is 129 cm³/mol. The molecule has 32 heavy (non-hydrogen) atoms. The van der Waals surface area contributed by atoms with Gasteiger partial charge in [-0.05, 0) is 56.5 Å². The minimum Gasteiger partial charge on any atom is -0.472 e. The van der Waals surface area contributed by atoms with Crippen molar-refractivity contribution in [3.63, 3.8) is 0 Å². The van der Waals surface area contributed by atoms with E-state index in [4.69, 9.17) is 9.15 Å². The van der Waals surface area contributed by atoms with E-state index >= 15 is 0 Å². The van der Waals surface area contributed by atoms with Crippen LogP contribution in [0.15, 0.2) is 63.8 Å². The van der Waals surface area contributed by atoms with Gasteiger partial charge >= 0.3 is 5.63 Å². The molecule has 3 aromatic carbocycles. The fourth-order valence-corrected chi connectivity index (χ4v) is 4.76. The molecular weight excluding hydrogens is 398 g/mol.